The third kappa shape index (κ3) is 2.63. The van der Waals surface area contributed by atoms with E-state index >= 15 is 0 Å². The highest BCUT2D eigenvalue weighted by Crippen LogP contribution is 2.44. The molecular formula is C16H29N3O. The van der Waals surface area contributed by atoms with E-state index < -0.39 is 6.10 Å². The summed E-state index contributed by atoms with van der Waals surface area (Å²) in [7, 11) is 0. The van der Waals surface area contributed by atoms with Crippen LogP contribution in [0.25, 0.3) is 0 Å². The third-order valence-electron chi connectivity index (χ3n) is 4.84. The SMILES string of the molecule is CCCn1nccc1C(O)C1(N(CC)CC)CCCC1. The van der Waals surface area contributed by atoms with Crippen molar-refractivity contribution in [2.75, 3.05) is 13.1 Å². The quantitative estimate of drug-likeness (QED) is 0.834. The minimum atomic E-state index is -0.432. The summed E-state index contributed by atoms with van der Waals surface area (Å²) in [5.74, 6) is 0. The van der Waals surface area contributed by atoms with Crippen molar-refractivity contribution in [3.63, 3.8) is 0 Å². The Morgan fingerprint density at radius 3 is 2.50 bits per heavy atom. The van der Waals surface area contributed by atoms with Crippen molar-refractivity contribution in [1.82, 2.24) is 14.7 Å². The molecule has 1 heterocycles. The fourth-order valence-electron chi connectivity index (χ4n) is 3.85. The smallest absolute Gasteiger partial charge is 0.114 e. The number of aryl methyl sites for hydroxylation is 1. The van der Waals surface area contributed by atoms with Crippen LogP contribution in [0.15, 0.2) is 12.3 Å². The molecular weight excluding hydrogens is 250 g/mol. The largest absolute Gasteiger partial charge is 0.385 e. The predicted octanol–water partition coefficient (Wildman–Crippen LogP) is 2.98. The van der Waals surface area contributed by atoms with Crippen molar-refractivity contribution in [3.05, 3.63) is 18.0 Å². The van der Waals surface area contributed by atoms with Gasteiger partial charge >= 0.3 is 0 Å². The number of hydrogen-bond acceptors (Lipinski definition) is 3. The molecule has 2 rings (SSSR count). The summed E-state index contributed by atoms with van der Waals surface area (Å²) in [5.41, 5.74) is 0.898. The van der Waals surface area contributed by atoms with E-state index in [4.69, 9.17) is 0 Å². The highest BCUT2D eigenvalue weighted by Gasteiger charge is 2.45. The zero-order chi connectivity index (χ0) is 14.6. The predicted molar refractivity (Wildman–Crippen MR) is 81.6 cm³/mol. The van der Waals surface area contributed by atoms with E-state index in [2.05, 4.69) is 30.8 Å². The molecule has 1 fully saturated rings. The van der Waals surface area contributed by atoms with Crippen LogP contribution in [0.3, 0.4) is 0 Å². The van der Waals surface area contributed by atoms with Gasteiger partial charge in [-0.25, -0.2) is 0 Å². The topological polar surface area (TPSA) is 41.3 Å². The minimum Gasteiger partial charge on any atom is -0.385 e. The van der Waals surface area contributed by atoms with Crippen molar-refractivity contribution in [1.29, 1.82) is 0 Å². The van der Waals surface area contributed by atoms with Gasteiger partial charge in [0.25, 0.3) is 0 Å². The zero-order valence-corrected chi connectivity index (χ0v) is 13.2. The maximum absolute atomic E-state index is 11.1. The maximum atomic E-state index is 11.1. The minimum absolute atomic E-state index is 0.0883. The van der Waals surface area contributed by atoms with Gasteiger partial charge in [-0.15, -0.1) is 0 Å². The molecule has 0 saturated heterocycles. The molecule has 20 heavy (non-hydrogen) atoms. The molecule has 0 aliphatic heterocycles. The lowest BCUT2D eigenvalue weighted by Crippen LogP contribution is -2.51. The third-order valence-corrected chi connectivity index (χ3v) is 4.84. The van der Waals surface area contributed by atoms with Crippen LogP contribution in [-0.2, 0) is 6.54 Å². The first kappa shape index (κ1) is 15.5. The Labute approximate surface area is 122 Å². The second-order valence-corrected chi connectivity index (χ2v) is 5.86. The second kappa shape index (κ2) is 6.72. The molecule has 1 saturated carbocycles. The lowest BCUT2D eigenvalue weighted by Gasteiger charge is -2.44. The average Bonchev–Trinajstić information content (AvgIpc) is 3.10. The second-order valence-electron chi connectivity index (χ2n) is 5.86. The molecule has 0 bridgehead atoms. The van der Waals surface area contributed by atoms with Gasteiger partial charge < -0.3 is 5.11 Å². The van der Waals surface area contributed by atoms with E-state index in [0.717, 1.165) is 44.6 Å². The lowest BCUT2D eigenvalue weighted by atomic mass is 9.86. The van der Waals surface area contributed by atoms with Gasteiger partial charge in [-0.05, 0) is 38.4 Å². The van der Waals surface area contributed by atoms with Crippen molar-refractivity contribution in [2.24, 2.45) is 0 Å². The number of hydrogen-bond donors (Lipinski definition) is 1. The molecule has 0 radical (unpaired) electrons. The number of aliphatic hydroxyl groups is 1. The van der Waals surface area contributed by atoms with Gasteiger partial charge in [0.15, 0.2) is 0 Å². The first-order valence-corrected chi connectivity index (χ1v) is 8.14. The van der Waals surface area contributed by atoms with E-state index in [1.807, 2.05) is 16.9 Å². The Morgan fingerprint density at radius 2 is 1.95 bits per heavy atom. The van der Waals surface area contributed by atoms with Gasteiger partial charge in [0.2, 0.25) is 0 Å². The summed E-state index contributed by atoms with van der Waals surface area (Å²) in [6, 6.07) is 1.99. The highest BCUT2D eigenvalue weighted by molar-refractivity contribution is 5.14. The summed E-state index contributed by atoms with van der Waals surface area (Å²) in [5, 5.41) is 15.5. The van der Waals surface area contributed by atoms with Gasteiger partial charge in [-0.2, -0.15) is 5.10 Å². The van der Waals surface area contributed by atoms with Gasteiger partial charge in [0, 0.05) is 12.7 Å². The van der Waals surface area contributed by atoms with E-state index in [1.54, 1.807) is 0 Å². The number of likely N-dealkylation sites (N-methyl/N-ethyl adjacent to an activating group) is 1. The maximum Gasteiger partial charge on any atom is 0.114 e. The summed E-state index contributed by atoms with van der Waals surface area (Å²) < 4.78 is 1.98. The number of rotatable bonds is 7. The van der Waals surface area contributed by atoms with Crippen LogP contribution in [0.5, 0.6) is 0 Å². The molecule has 1 aliphatic rings. The first-order valence-electron chi connectivity index (χ1n) is 8.14. The lowest BCUT2D eigenvalue weighted by molar-refractivity contribution is -0.0313. The zero-order valence-electron chi connectivity index (χ0n) is 13.2. The summed E-state index contributed by atoms with van der Waals surface area (Å²) in [4.78, 5) is 2.45. The van der Waals surface area contributed by atoms with Gasteiger partial charge in [0.1, 0.15) is 6.10 Å². The van der Waals surface area contributed by atoms with Gasteiger partial charge in [-0.3, -0.25) is 9.58 Å². The number of aromatic nitrogens is 2. The molecule has 1 aromatic heterocycles. The fourth-order valence-corrected chi connectivity index (χ4v) is 3.85. The molecule has 0 aromatic carbocycles. The van der Waals surface area contributed by atoms with E-state index in [1.165, 1.54) is 12.8 Å². The Hall–Kier alpha value is -0.870. The molecule has 114 valence electrons. The van der Waals surface area contributed by atoms with Gasteiger partial charge in [0.05, 0.1) is 11.2 Å². The molecule has 1 atom stereocenters. The summed E-state index contributed by atoms with van der Waals surface area (Å²) in [6.45, 7) is 9.41. The van der Waals surface area contributed by atoms with E-state index in [9.17, 15) is 5.11 Å². The molecule has 1 N–H and O–H groups in total. The first-order chi connectivity index (χ1) is 9.69. The Kier molecular flexibility index (Phi) is 5.22. The molecule has 1 aliphatic carbocycles. The normalized spacial score (nSPS) is 19.6. The van der Waals surface area contributed by atoms with E-state index in [-0.39, 0.29) is 5.54 Å². The number of nitrogens with zero attached hydrogens (tertiary/aromatic N) is 3. The number of aliphatic hydroxyl groups excluding tert-OH is 1. The average molecular weight is 279 g/mol. The van der Waals surface area contributed by atoms with Crippen LogP contribution >= 0.6 is 0 Å². The van der Waals surface area contributed by atoms with Crippen molar-refractivity contribution in [2.45, 2.75) is 71.1 Å². The molecule has 4 heteroatoms. The Morgan fingerprint density at radius 1 is 1.30 bits per heavy atom. The molecule has 0 amide bonds. The van der Waals surface area contributed by atoms with Crippen LogP contribution in [0, 0.1) is 0 Å². The van der Waals surface area contributed by atoms with Crippen LogP contribution in [0.1, 0.15) is 64.7 Å². The van der Waals surface area contributed by atoms with Crippen molar-refractivity contribution >= 4 is 0 Å². The van der Waals surface area contributed by atoms with E-state index in [0.29, 0.717) is 0 Å². The summed E-state index contributed by atoms with van der Waals surface area (Å²) >= 11 is 0. The Balaban J connectivity index is 2.31. The molecule has 1 aromatic rings. The van der Waals surface area contributed by atoms with Crippen molar-refractivity contribution < 1.29 is 5.11 Å². The fraction of sp³-hybridized carbons (Fsp3) is 0.812. The monoisotopic (exact) mass is 279 g/mol. The van der Waals surface area contributed by atoms with Crippen LogP contribution in [0.2, 0.25) is 0 Å². The van der Waals surface area contributed by atoms with Crippen LogP contribution in [-0.4, -0.2) is 38.4 Å². The summed E-state index contributed by atoms with van der Waals surface area (Å²) in [6.07, 6.45) is 7.04. The molecule has 0 spiro atoms. The molecule has 4 nitrogen and oxygen atoms in total. The molecule has 1 unspecified atom stereocenters. The highest BCUT2D eigenvalue weighted by atomic mass is 16.3. The van der Waals surface area contributed by atoms with Crippen LogP contribution in [0.4, 0.5) is 0 Å². The standard InChI is InChI=1S/C16H29N3O/c1-4-13-19-14(9-12-17-19)15(20)16(10-7-8-11-16)18(5-2)6-3/h9,12,15,20H,4-8,10-11,13H2,1-3H3. The Bertz CT molecular complexity index is 406. The van der Waals surface area contributed by atoms with Crippen molar-refractivity contribution in [3.8, 4) is 0 Å². The van der Waals surface area contributed by atoms with Gasteiger partial charge in [-0.1, -0.05) is 33.6 Å². The van der Waals surface area contributed by atoms with Crippen LogP contribution < -0.4 is 0 Å².